The Labute approximate surface area is 127 Å². The molecule has 0 aliphatic carbocycles. The zero-order chi connectivity index (χ0) is 14.5. The van der Waals surface area contributed by atoms with Crippen molar-refractivity contribution in [3.05, 3.63) is 54.1 Å². The average molecular weight is 299 g/mol. The number of aromatic amines is 1. The second-order valence-corrected chi connectivity index (χ2v) is 5.69. The third-order valence-corrected chi connectivity index (χ3v) is 3.96. The molecule has 5 heteroatoms. The topological polar surface area (TPSA) is 63.9 Å². The number of fused-ring (bicyclic) bond motifs is 1. The Hall–Kier alpha value is -1.98. The van der Waals surface area contributed by atoms with E-state index in [0.717, 1.165) is 33.3 Å². The molecule has 2 aromatic carbocycles. The maximum Gasteiger partial charge on any atom is 0.166 e. The lowest BCUT2D eigenvalue weighted by molar-refractivity contribution is 0.344. The molecule has 0 atom stereocenters. The maximum atomic E-state index is 5.70. The molecular formula is C16H17N3OS. The standard InChI is InChI=1S/C16H17N3OS/c17-11-12-5-7-13(8-6-12)20-9-10-21-16-18-14-3-1-2-4-15(14)19-16/h1-8H,9-11,17H2,(H,18,19). The van der Waals surface area contributed by atoms with Gasteiger partial charge >= 0.3 is 0 Å². The Morgan fingerprint density at radius 1 is 1.10 bits per heavy atom. The van der Waals surface area contributed by atoms with E-state index in [2.05, 4.69) is 9.97 Å². The predicted octanol–water partition coefficient (Wildman–Crippen LogP) is 3.19. The number of ether oxygens (including phenoxy) is 1. The molecule has 0 radical (unpaired) electrons. The number of rotatable bonds is 6. The first-order chi connectivity index (χ1) is 10.3. The first-order valence-corrected chi connectivity index (χ1v) is 7.83. The SMILES string of the molecule is NCc1ccc(OCCSc2nc3ccccc3[nH]2)cc1. The van der Waals surface area contributed by atoms with Gasteiger partial charge in [0.2, 0.25) is 0 Å². The van der Waals surface area contributed by atoms with Crippen LogP contribution < -0.4 is 10.5 Å². The molecule has 3 aromatic rings. The molecule has 0 saturated carbocycles. The van der Waals surface area contributed by atoms with Crippen molar-refractivity contribution >= 4 is 22.8 Å². The number of hydrogen-bond donors (Lipinski definition) is 2. The minimum absolute atomic E-state index is 0.558. The molecule has 0 spiro atoms. The van der Waals surface area contributed by atoms with E-state index < -0.39 is 0 Å². The van der Waals surface area contributed by atoms with Crippen molar-refractivity contribution in [2.45, 2.75) is 11.7 Å². The first kappa shape index (κ1) is 14.0. The molecule has 0 fully saturated rings. The van der Waals surface area contributed by atoms with E-state index in [1.165, 1.54) is 0 Å². The molecule has 0 aliphatic heterocycles. The van der Waals surface area contributed by atoms with E-state index >= 15 is 0 Å². The number of nitrogens with zero attached hydrogens (tertiary/aromatic N) is 1. The van der Waals surface area contributed by atoms with Crippen LogP contribution in [0.5, 0.6) is 5.75 Å². The molecule has 0 amide bonds. The number of nitrogens with two attached hydrogens (primary N) is 1. The quantitative estimate of drug-likeness (QED) is 0.542. The lowest BCUT2D eigenvalue weighted by Gasteiger charge is -2.05. The lowest BCUT2D eigenvalue weighted by Crippen LogP contribution is -2.01. The minimum atomic E-state index is 0.558. The van der Waals surface area contributed by atoms with Gasteiger partial charge in [-0.05, 0) is 29.8 Å². The fraction of sp³-hybridized carbons (Fsp3) is 0.188. The smallest absolute Gasteiger partial charge is 0.166 e. The summed E-state index contributed by atoms with van der Waals surface area (Å²) in [6.07, 6.45) is 0. The highest BCUT2D eigenvalue weighted by Gasteiger charge is 2.02. The Bertz CT molecular complexity index is 676. The summed E-state index contributed by atoms with van der Waals surface area (Å²) < 4.78 is 5.70. The van der Waals surface area contributed by atoms with E-state index in [0.29, 0.717) is 13.2 Å². The van der Waals surface area contributed by atoms with Gasteiger partial charge in [-0.15, -0.1) is 0 Å². The van der Waals surface area contributed by atoms with Gasteiger partial charge in [0.25, 0.3) is 0 Å². The molecule has 0 saturated heterocycles. The zero-order valence-corrected chi connectivity index (χ0v) is 12.4. The monoisotopic (exact) mass is 299 g/mol. The fourth-order valence-electron chi connectivity index (χ4n) is 2.02. The summed E-state index contributed by atoms with van der Waals surface area (Å²) in [6, 6.07) is 15.9. The highest BCUT2D eigenvalue weighted by molar-refractivity contribution is 7.99. The predicted molar refractivity (Wildman–Crippen MR) is 86.6 cm³/mol. The summed E-state index contributed by atoms with van der Waals surface area (Å²) in [6.45, 7) is 1.20. The molecule has 3 rings (SSSR count). The Balaban J connectivity index is 1.49. The average Bonchev–Trinajstić information content (AvgIpc) is 2.95. The Morgan fingerprint density at radius 2 is 1.90 bits per heavy atom. The fourth-order valence-corrected chi connectivity index (χ4v) is 2.72. The number of imidazole rings is 1. The Kier molecular flexibility index (Phi) is 4.43. The van der Waals surface area contributed by atoms with E-state index in [4.69, 9.17) is 10.5 Å². The third-order valence-electron chi connectivity index (χ3n) is 3.12. The highest BCUT2D eigenvalue weighted by Crippen LogP contribution is 2.19. The minimum Gasteiger partial charge on any atom is -0.493 e. The molecule has 0 unspecified atom stereocenters. The molecule has 108 valence electrons. The lowest BCUT2D eigenvalue weighted by atomic mass is 10.2. The van der Waals surface area contributed by atoms with Crippen molar-refractivity contribution in [3.63, 3.8) is 0 Å². The zero-order valence-electron chi connectivity index (χ0n) is 11.6. The summed E-state index contributed by atoms with van der Waals surface area (Å²) in [5.74, 6) is 1.72. The van der Waals surface area contributed by atoms with Gasteiger partial charge in [-0.2, -0.15) is 0 Å². The van der Waals surface area contributed by atoms with Crippen molar-refractivity contribution in [2.75, 3.05) is 12.4 Å². The summed E-state index contributed by atoms with van der Waals surface area (Å²) in [5.41, 5.74) is 8.74. The van der Waals surface area contributed by atoms with Crippen LogP contribution >= 0.6 is 11.8 Å². The van der Waals surface area contributed by atoms with Gasteiger partial charge in [0.1, 0.15) is 5.75 Å². The van der Waals surface area contributed by atoms with Crippen LogP contribution in [0.15, 0.2) is 53.7 Å². The number of H-pyrrole nitrogens is 1. The molecule has 3 N–H and O–H groups in total. The van der Waals surface area contributed by atoms with Crippen molar-refractivity contribution in [1.29, 1.82) is 0 Å². The summed E-state index contributed by atoms with van der Waals surface area (Å²) in [5, 5.41) is 0.929. The van der Waals surface area contributed by atoms with Crippen molar-refractivity contribution in [3.8, 4) is 5.75 Å². The second-order valence-electron chi connectivity index (χ2n) is 4.60. The van der Waals surface area contributed by atoms with Gasteiger partial charge in [0.15, 0.2) is 5.16 Å². The van der Waals surface area contributed by atoms with Gasteiger partial charge < -0.3 is 15.5 Å². The van der Waals surface area contributed by atoms with Crippen LogP contribution in [0.4, 0.5) is 0 Å². The van der Waals surface area contributed by atoms with Gasteiger partial charge in [-0.25, -0.2) is 4.98 Å². The molecule has 1 aromatic heterocycles. The normalized spacial score (nSPS) is 10.9. The van der Waals surface area contributed by atoms with Crippen LogP contribution in [-0.4, -0.2) is 22.3 Å². The summed E-state index contributed by atoms with van der Waals surface area (Å²) in [4.78, 5) is 7.81. The van der Waals surface area contributed by atoms with Crippen molar-refractivity contribution in [1.82, 2.24) is 9.97 Å². The van der Waals surface area contributed by atoms with Crippen LogP contribution in [0.2, 0.25) is 0 Å². The molecule has 1 heterocycles. The van der Waals surface area contributed by atoms with Crippen LogP contribution in [0.1, 0.15) is 5.56 Å². The molecule has 0 bridgehead atoms. The summed E-state index contributed by atoms with van der Waals surface area (Å²) in [7, 11) is 0. The van der Waals surface area contributed by atoms with Crippen molar-refractivity contribution < 1.29 is 4.74 Å². The van der Waals surface area contributed by atoms with Gasteiger partial charge in [0.05, 0.1) is 17.6 Å². The summed E-state index contributed by atoms with van der Waals surface area (Å²) >= 11 is 1.66. The van der Waals surface area contributed by atoms with Crippen molar-refractivity contribution in [2.24, 2.45) is 5.73 Å². The van der Waals surface area contributed by atoms with Gasteiger partial charge in [0, 0.05) is 12.3 Å². The van der Waals surface area contributed by atoms with Gasteiger partial charge in [-0.3, -0.25) is 0 Å². The number of benzene rings is 2. The van der Waals surface area contributed by atoms with Crippen LogP contribution in [-0.2, 0) is 6.54 Å². The van der Waals surface area contributed by atoms with Crippen LogP contribution in [0, 0.1) is 0 Å². The number of nitrogens with one attached hydrogen (secondary N) is 1. The molecule has 4 nitrogen and oxygen atoms in total. The van der Waals surface area contributed by atoms with Gasteiger partial charge in [-0.1, -0.05) is 36.0 Å². The van der Waals surface area contributed by atoms with Crippen LogP contribution in [0.3, 0.4) is 0 Å². The van der Waals surface area contributed by atoms with E-state index in [9.17, 15) is 0 Å². The number of aromatic nitrogens is 2. The van der Waals surface area contributed by atoms with E-state index in [-0.39, 0.29) is 0 Å². The molecule has 0 aliphatic rings. The number of hydrogen-bond acceptors (Lipinski definition) is 4. The number of para-hydroxylation sites is 2. The maximum absolute atomic E-state index is 5.70. The third kappa shape index (κ3) is 3.56. The van der Waals surface area contributed by atoms with E-state index in [1.807, 2.05) is 48.5 Å². The highest BCUT2D eigenvalue weighted by atomic mass is 32.2. The van der Waals surface area contributed by atoms with E-state index in [1.54, 1.807) is 11.8 Å². The second kappa shape index (κ2) is 6.65. The first-order valence-electron chi connectivity index (χ1n) is 6.84. The number of thioether (sulfide) groups is 1. The molecular weight excluding hydrogens is 282 g/mol. The largest absolute Gasteiger partial charge is 0.493 e. The van der Waals surface area contributed by atoms with Crippen LogP contribution in [0.25, 0.3) is 11.0 Å². The molecule has 21 heavy (non-hydrogen) atoms. The Morgan fingerprint density at radius 3 is 2.67 bits per heavy atom.